The van der Waals surface area contributed by atoms with Gasteiger partial charge in [-0.1, -0.05) is 42.5 Å². The molecule has 2 N–H and O–H groups in total. The smallest absolute Gasteiger partial charge is 0.239 e. The van der Waals surface area contributed by atoms with E-state index in [-0.39, 0.29) is 29.8 Å². The Labute approximate surface area is 166 Å². The number of amides is 2. The van der Waals surface area contributed by atoms with Gasteiger partial charge >= 0.3 is 0 Å². The fraction of sp³-hybridized carbons (Fsp3) is 0.391. The quantitative estimate of drug-likeness (QED) is 0.861. The van der Waals surface area contributed by atoms with Crippen molar-refractivity contribution in [2.24, 2.45) is 0 Å². The molecule has 2 aliphatic rings. The van der Waals surface area contributed by atoms with Crippen LogP contribution in [0.4, 0.5) is 5.69 Å². The second kappa shape index (κ2) is 7.66. The monoisotopic (exact) mass is 377 g/mol. The molecular weight excluding hydrogens is 350 g/mol. The lowest BCUT2D eigenvalue weighted by Crippen LogP contribution is -2.42. The molecule has 1 atom stereocenters. The topological polar surface area (TPSA) is 61.4 Å². The highest BCUT2D eigenvalue weighted by atomic mass is 16.2. The number of carbonyl (C=O) groups is 2. The van der Waals surface area contributed by atoms with Crippen molar-refractivity contribution in [3.63, 3.8) is 0 Å². The van der Waals surface area contributed by atoms with Crippen molar-refractivity contribution in [1.29, 1.82) is 0 Å². The Morgan fingerprint density at radius 2 is 1.71 bits per heavy atom. The van der Waals surface area contributed by atoms with E-state index in [1.54, 1.807) is 0 Å². The second-order valence-corrected chi connectivity index (χ2v) is 7.92. The maximum atomic E-state index is 12.3. The molecule has 1 unspecified atom stereocenters. The fourth-order valence-corrected chi connectivity index (χ4v) is 4.78. The van der Waals surface area contributed by atoms with Crippen LogP contribution in [0.3, 0.4) is 0 Å². The number of piperidine rings is 1. The van der Waals surface area contributed by atoms with Crippen LogP contribution in [0.5, 0.6) is 0 Å². The molecule has 0 radical (unpaired) electrons. The Hall–Kier alpha value is -2.82. The summed E-state index contributed by atoms with van der Waals surface area (Å²) in [5, 5.41) is 5.72. The first-order valence-electron chi connectivity index (χ1n) is 10.0. The van der Waals surface area contributed by atoms with Gasteiger partial charge in [-0.25, -0.2) is 0 Å². The molecule has 1 heterocycles. The Morgan fingerprint density at radius 3 is 2.43 bits per heavy atom. The molecule has 0 bridgehead atoms. The van der Waals surface area contributed by atoms with Gasteiger partial charge in [-0.15, -0.1) is 0 Å². The van der Waals surface area contributed by atoms with E-state index in [2.05, 4.69) is 64.1 Å². The average molecular weight is 377 g/mol. The molecule has 1 aliphatic heterocycles. The van der Waals surface area contributed by atoms with Crippen molar-refractivity contribution in [3.05, 3.63) is 65.7 Å². The van der Waals surface area contributed by atoms with Gasteiger partial charge in [-0.3, -0.25) is 9.59 Å². The zero-order valence-electron chi connectivity index (χ0n) is 16.3. The first-order chi connectivity index (χ1) is 13.6. The number of rotatable bonds is 4. The number of hydrogen-bond donors (Lipinski definition) is 2. The van der Waals surface area contributed by atoms with Crippen LogP contribution in [0.1, 0.15) is 43.4 Å². The minimum atomic E-state index is -0.188. The molecule has 1 fully saturated rings. The standard InChI is InChI=1S/C23H27N3O2/c1-17(27)24-16-22(28)25-21-15-23(20-10-6-5-9-19(20)21)11-13-26(14-12-23)18-7-3-2-4-8-18/h2-10,21H,11-16H2,1H3,(H,24,27)(H,25,28). The molecule has 0 saturated carbocycles. The number of fused-ring (bicyclic) bond motifs is 2. The van der Waals surface area contributed by atoms with Crippen molar-refractivity contribution in [1.82, 2.24) is 10.6 Å². The third kappa shape index (κ3) is 3.61. The van der Waals surface area contributed by atoms with Crippen LogP contribution < -0.4 is 15.5 Å². The SMILES string of the molecule is CC(=O)NCC(=O)NC1CC2(CCN(c3ccccc3)CC2)c2ccccc21. The highest BCUT2D eigenvalue weighted by Crippen LogP contribution is 2.51. The van der Waals surface area contributed by atoms with E-state index >= 15 is 0 Å². The van der Waals surface area contributed by atoms with Crippen molar-refractivity contribution >= 4 is 17.5 Å². The van der Waals surface area contributed by atoms with Gasteiger partial charge in [0.15, 0.2) is 0 Å². The maximum Gasteiger partial charge on any atom is 0.239 e. The third-order valence-electron chi connectivity index (χ3n) is 6.18. The zero-order valence-corrected chi connectivity index (χ0v) is 16.3. The summed E-state index contributed by atoms with van der Waals surface area (Å²) < 4.78 is 0. The van der Waals surface area contributed by atoms with Gasteiger partial charge in [0.05, 0.1) is 12.6 Å². The van der Waals surface area contributed by atoms with Crippen LogP contribution >= 0.6 is 0 Å². The van der Waals surface area contributed by atoms with Gasteiger partial charge < -0.3 is 15.5 Å². The Kier molecular flexibility index (Phi) is 5.07. The van der Waals surface area contributed by atoms with Crippen molar-refractivity contribution in [3.8, 4) is 0 Å². The Morgan fingerprint density at radius 1 is 1.04 bits per heavy atom. The average Bonchev–Trinajstić information content (AvgIpc) is 3.01. The molecule has 1 saturated heterocycles. The van der Waals surface area contributed by atoms with Crippen LogP contribution in [0.15, 0.2) is 54.6 Å². The molecular formula is C23H27N3O2. The fourth-order valence-electron chi connectivity index (χ4n) is 4.78. The summed E-state index contributed by atoms with van der Waals surface area (Å²) in [5.74, 6) is -0.319. The molecule has 4 rings (SSSR count). The number of anilines is 1. The van der Waals surface area contributed by atoms with Crippen molar-refractivity contribution in [2.45, 2.75) is 37.6 Å². The van der Waals surface area contributed by atoms with E-state index in [1.165, 1.54) is 23.7 Å². The van der Waals surface area contributed by atoms with E-state index in [0.29, 0.717) is 0 Å². The maximum absolute atomic E-state index is 12.3. The second-order valence-electron chi connectivity index (χ2n) is 7.92. The summed E-state index contributed by atoms with van der Waals surface area (Å²) in [4.78, 5) is 25.8. The predicted octanol–water partition coefficient (Wildman–Crippen LogP) is 2.92. The van der Waals surface area contributed by atoms with Crippen LogP contribution in [0.25, 0.3) is 0 Å². The lowest BCUT2D eigenvalue weighted by molar-refractivity contribution is -0.125. The van der Waals surface area contributed by atoms with E-state index in [9.17, 15) is 9.59 Å². The number of nitrogens with zero attached hydrogens (tertiary/aromatic N) is 1. The number of benzene rings is 2. The van der Waals surface area contributed by atoms with E-state index in [1.807, 2.05) is 6.07 Å². The largest absolute Gasteiger partial charge is 0.371 e. The summed E-state index contributed by atoms with van der Waals surface area (Å²) in [6, 6.07) is 19.1. The summed E-state index contributed by atoms with van der Waals surface area (Å²) in [7, 11) is 0. The van der Waals surface area contributed by atoms with Crippen molar-refractivity contribution < 1.29 is 9.59 Å². The van der Waals surface area contributed by atoms with Crippen LogP contribution in [-0.4, -0.2) is 31.4 Å². The molecule has 5 nitrogen and oxygen atoms in total. The first-order valence-corrected chi connectivity index (χ1v) is 10.0. The van der Waals surface area contributed by atoms with Crippen LogP contribution in [0, 0.1) is 0 Å². The Balaban J connectivity index is 1.49. The first kappa shape index (κ1) is 18.5. The number of para-hydroxylation sites is 1. The number of nitrogens with one attached hydrogen (secondary N) is 2. The molecule has 1 aliphatic carbocycles. The number of hydrogen-bond acceptors (Lipinski definition) is 3. The minimum absolute atomic E-state index is 0.0146. The molecule has 5 heteroatoms. The molecule has 1 spiro atoms. The van der Waals surface area contributed by atoms with Crippen molar-refractivity contribution in [2.75, 3.05) is 24.5 Å². The highest BCUT2D eigenvalue weighted by Gasteiger charge is 2.45. The molecule has 146 valence electrons. The summed E-state index contributed by atoms with van der Waals surface area (Å²) in [5.41, 5.74) is 4.01. The zero-order chi connectivity index (χ0) is 19.6. The summed E-state index contributed by atoms with van der Waals surface area (Å²) >= 11 is 0. The highest BCUT2D eigenvalue weighted by molar-refractivity contribution is 5.84. The van der Waals surface area contributed by atoms with Gasteiger partial charge in [0.25, 0.3) is 0 Å². The molecule has 2 aromatic rings. The molecule has 2 amide bonds. The van der Waals surface area contributed by atoms with E-state index in [4.69, 9.17) is 0 Å². The third-order valence-corrected chi connectivity index (χ3v) is 6.18. The molecule has 0 aromatic heterocycles. The Bertz CT molecular complexity index is 857. The van der Waals surface area contributed by atoms with E-state index < -0.39 is 0 Å². The number of carbonyl (C=O) groups excluding carboxylic acids is 2. The normalized spacial score (nSPS) is 19.9. The van der Waals surface area contributed by atoms with Gasteiger partial charge in [0, 0.05) is 31.1 Å². The van der Waals surface area contributed by atoms with Crippen LogP contribution in [0.2, 0.25) is 0 Å². The minimum Gasteiger partial charge on any atom is -0.371 e. The van der Waals surface area contributed by atoms with E-state index in [0.717, 1.165) is 32.4 Å². The van der Waals surface area contributed by atoms with Crippen LogP contribution in [-0.2, 0) is 15.0 Å². The van der Waals surface area contributed by atoms with Gasteiger partial charge in [0.1, 0.15) is 0 Å². The molecule has 28 heavy (non-hydrogen) atoms. The van der Waals surface area contributed by atoms with Gasteiger partial charge in [-0.2, -0.15) is 0 Å². The lowest BCUT2D eigenvalue weighted by Gasteiger charge is -2.41. The van der Waals surface area contributed by atoms with Gasteiger partial charge in [-0.05, 0) is 42.5 Å². The summed E-state index contributed by atoms with van der Waals surface area (Å²) in [6.45, 7) is 3.49. The molecule has 2 aromatic carbocycles. The van der Waals surface area contributed by atoms with Gasteiger partial charge in [0.2, 0.25) is 11.8 Å². The lowest BCUT2D eigenvalue weighted by atomic mass is 9.73. The summed E-state index contributed by atoms with van der Waals surface area (Å²) in [6.07, 6.45) is 3.09. The predicted molar refractivity (Wildman–Crippen MR) is 110 cm³/mol.